The molecule has 19 heavy (non-hydrogen) atoms. The highest BCUT2D eigenvalue weighted by Gasteiger charge is 2.04. The highest BCUT2D eigenvalue weighted by atomic mass is 16.5. The normalized spacial score (nSPS) is 12.9. The summed E-state index contributed by atoms with van der Waals surface area (Å²) in [5, 5.41) is 8.20. The van der Waals surface area contributed by atoms with Gasteiger partial charge in [-0.3, -0.25) is 0 Å². The number of methoxy groups -OCH3 is 1. The molecule has 1 aromatic carbocycles. The number of benzene rings is 1. The summed E-state index contributed by atoms with van der Waals surface area (Å²) in [6.45, 7) is 5.69. The first kappa shape index (κ1) is 14.1. The van der Waals surface area contributed by atoms with Crippen molar-refractivity contribution in [3.63, 3.8) is 0 Å². The average Bonchev–Trinajstić information content (AvgIpc) is 2.90. The van der Waals surface area contributed by atoms with Crippen molar-refractivity contribution in [2.75, 3.05) is 26.8 Å². The van der Waals surface area contributed by atoms with Gasteiger partial charge in [0.25, 0.3) is 0 Å². The van der Waals surface area contributed by atoms with Gasteiger partial charge >= 0.3 is 0 Å². The Kier molecular flexibility index (Phi) is 5.39. The summed E-state index contributed by atoms with van der Waals surface area (Å²) in [7, 11) is 1.72. The molecule has 0 amide bonds. The smallest absolute Gasteiger partial charge is 0.0587 e. The highest BCUT2D eigenvalue weighted by molar-refractivity contribution is 5.82. The summed E-state index contributed by atoms with van der Waals surface area (Å²) in [6, 6.07) is 8.94. The van der Waals surface area contributed by atoms with Gasteiger partial charge in [0.2, 0.25) is 0 Å². The summed E-state index contributed by atoms with van der Waals surface area (Å²) >= 11 is 0. The van der Waals surface area contributed by atoms with E-state index in [1.807, 2.05) is 6.20 Å². The lowest BCUT2D eigenvalue weighted by Gasteiger charge is -2.15. The Morgan fingerprint density at radius 3 is 3.05 bits per heavy atom. The van der Waals surface area contributed by atoms with E-state index in [9.17, 15) is 0 Å². The number of aromatic nitrogens is 1. The monoisotopic (exact) mass is 261 g/mol. The van der Waals surface area contributed by atoms with Crippen LogP contribution in [0.25, 0.3) is 10.9 Å². The van der Waals surface area contributed by atoms with Crippen LogP contribution in [0, 0.1) is 0 Å². The predicted octanol–water partition coefficient (Wildman–Crippen LogP) is 1.88. The first-order chi connectivity index (χ1) is 9.31. The molecule has 1 aromatic heterocycles. The number of H-pyrrole nitrogens is 1. The van der Waals surface area contributed by atoms with E-state index in [2.05, 4.69) is 46.8 Å². The molecule has 4 nitrogen and oxygen atoms in total. The molecule has 1 unspecified atom stereocenters. The van der Waals surface area contributed by atoms with Crippen molar-refractivity contribution in [3.05, 3.63) is 36.0 Å². The maximum Gasteiger partial charge on any atom is 0.0587 e. The molecule has 1 heterocycles. The number of hydrogen-bond acceptors (Lipinski definition) is 3. The second kappa shape index (κ2) is 7.28. The second-order valence-electron chi connectivity index (χ2n) is 4.83. The Morgan fingerprint density at radius 1 is 1.32 bits per heavy atom. The molecule has 0 aliphatic carbocycles. The predicted molar refractivity (Wildman–Crippen MR) is 79.3 cm³/mol. The van der Waals surface area contributed by atoms with Crippen LogP contribution < -0.4 is 10.6 Å². The number of fused-ring (bicyclic) bond motifs is 1. The van der Waals surface area contributed by atoms with Crippen LogP contribution in [-0.4, -0.2) is 37.8 Å². The molecule has 2 rings (SSSR count). The van der Waals surface area contributed by atoms with E-state index >= 15 is 0 Å². The summed E-state index contributed by atoms with van der Waals surface area (Å²) in [4.78, 5) is 3.24. The van der Waals surface area contributed by atoms with Crippen LogP contribution in [0.15, 0.2) is 30.5 Å². The number of ether oxygens (including phenoxy) is 1. The van der Waals surface area contributed by atoms with Crippen molar-refractivity contribution in [2.45, 2.75) is 19.5 Å². The van der Waals surface area contributed by atoms with E-state index in [0.29, 0.717) is 6.04 Å². The molecule has 0 fully saturated rings. The molecule has 0 saturated carbocycles. The lowest BCUT2D eigenvalue weighted by Crippen LogP contribution is -2.37. The van der Waals surface area contributed by atoms with Crippen LogP contribution in [0.1, 0.15) is 12.5 Å². The van der Waals surface area contributed by atoms with Gasteiger partial charge in [-0.2, -0.15) is 0 Å². The van der Waals surface area contributed by atoms with Crippen LogP contribution in [0.5, 0.6) is 0 Å². The SMILES string of the molecule is COCCNCC(C)NCc1cccc2[nH]ccc12. The molecule has 0 spiro atoms. The maximum absolute atomic E-state index is 5.01. The Morgan fingerprint density at radius 2 is 2.21 bits per heavy atom. The number of nitrogens with one attached hydrogen (secondary N) is 3. The molecule has 1 atom stereocenters. The third kappa shape index (κ3) is 4.06. The lowest BCUT2D eigenvalue weighted by molar-refractivity contribution is 0.198. The maximum atomic E-state index is 5.01. The average molecular weight is 261 g/mol. The Balaban J connectivity index is 1.80. The molecule has 0 aliphatic rings. The first-order valence-corrected chi connectivity index (χ1v) is 6.79. The van der Waals surface area contributed by atoms with Crippen LogP contribution >= 0.6 is 0 Å². The van der Waals surface area contributed by atoms with Crippen molar-refractivity contribution in [3.8, 4) is 0 Å². The lowest BCUT2D eigenvalue weighted by atomic mass is 10.1. The van der Waals surface area contributed by atoms with Gasteiger partial charge in [-0.1, -0.05) is 12.1 Å². The summed E-state index contributed by atoms with van der Waals surface area (Å²) in [6.07, 6.45) is 1.99. The fourth-order valence-corrected chi connectivity index (χ4v) is 2.15. The topological polar surface area (TPSA) is 49.1 Å². The third-order valence-electron chi connectivity index (χ3n) is 3.26. The largest absolute Gasteiger partial charge is 0.383 e. The molecular weight excluding hydrogens is 238 g/mol. The van der Waals surface area contributed by atoms with Crippen LogP contribution in [0.3, 0.4) is 0 Å². The van der Waals surface area contributed by atoms with E-state index in [1.54, 1.807) is 7.11 Å². The Labute approximate surface area is 114 Å². The molecule has 3 N–H and O–H groups in total. The third-order valence-corrected chi connectivity index (χ3v) is 3.26. The zero-order valence-corrected chi connectivity index (χ0v) is 11.7. The van der Waals surface area contributed by atoms with Gasteiger partial charge in [-0.25, -0.2) is 0 Å². The molecule has 0 bridgehead atoms. The minimum atomic E-state index is 0.436. The van der Waals surface area contributed by atoms with Crippen LogP contribution in [-0.2, 0) is 11.3 Å². The zero-order valence-electron chi connectivity index (χ0n) is 11.7. The van der Waals surface area contributed by atoms with Crippen molar-refractivity contribution in [1.82, 2.24) is 15.6 Å². The molecule has 0 aliphatic heterocycles. The second-order valence-corrected chi connectivity index (χ2v) is 4.83. The first-order valence-electron chi connectivity index (χ1n) is 6.79. The zero-order chi connectivity index (χ0) is 13.5. The standard InChI is InChI=1S/C15H23N3O/c1-12(10-16-8-9-19-2)18-11-13-4-3-5-15-14(13)6-7-17-15/h3-7,12,16-18H,8-11H2,1-2H3. The minimum absolute atomic E-state index is 0.436. The number of hydrogen-bond donors (Lipinski definition) is 3. The van der Waals surface area contributed by atoms with E-state index in [-0.39, 0.29) is 0 Å². The van der Waals surface area contributed by atoms with Gasteiger partial charge in [0.05, 0.1) is 6.61 Å². The fraction of sp³-hybridized carbons (Fsp3) is 0.467. The van der Waals surface area contributed by atoms with Gasteiger partial charge in [0.1, 0.15) is 0 Å². The summed E-state index contributed by atoms with van der Waals surface area (Å²) in [5.74, 6) is 0. The van der Waals surface area contributed by atoms with E-state index in [1.165, 1.54) is 16.5 Å². The van der Waals surface area contributed by atoms with Crippen LogP contribution in [0.2, 0.25) is 0 Å². The van der Waals surface area contributed by atoms with Gasteiger partial charge < -0.3 is 20.4 Å². The molecule has 0 radical (unpaired) electrons. The van der Waals surface area contributed by atoms with Gasteiger partial charge in [0, 0.05) is 49.9 Å². The molecule has 0 saturated heterocycles. The van der Waals surface area contributed by atoms with Gasteiger partial charge in [0.15, 0.2) is 0 Å². The summed E-state index contributed by atoms with van der Waals surface area (Å²) in [5.41, 5.74) is 2.53. The molecule has 4 heteroatoms. The fourth-order valence-electron chi connectivity index (χ4n) is 2.15. The quantitative estimate of drug-likeness (QED) is 0.636. The number of rotatable bonds is 8. The minimum Gasteiger partial charge on any atom is -0.383 e. The Hall–Kier alpha value is -1.36. The van der Waals surface area contributed by atoms with Crippen molar-refractivity contribution in [1.29, 1.82) is 0 Å². The molecule has 2 aromatic rings. The summed E-state index contributed by atoms with van der Waals surface area (Å²) < 4.78 is 5.01. The van der Waals surface area contributed by atoms with Gasteiger partial charge in [-0.15, -0.1) is 0 Å². The molecule has 104 valence electrons. The van der Waals surface area contributed by atoms with Crippen molar-refractivity contribution < 1.29 is 4.74 Å². The van der Waals surface area contributed by atoms with Gasteiger partial charge in [-0.05, 0) is 24.6 Å². The Bertz CT molecular complexity index is 495. The highest BCUT2D eigenvalue weighted by Crippen LogP contribution is 2.17. The van der Waals surface area contributed by atoms with Crippen LogP contribution in [0.4, 0.5) is 0 Å². The molecular formula is C15H23N3O. The van der Waals surface area contributed by atoms with E-state index < -0.39 is 0 Å². The van der Waals surface area contributed by atoms with E-state index in [0.717, 1.165) is 26.2 Å². The van der Waals surface area contributed by atoms with Crippen molar-refractivity contribution >= 4 is 10.9 Å². The number of aromatic amines is 1. The van der Waals surface area contributed by atoms with E-state index in [4.69, 9.17) is 4.74 Å². The van der Waals surface area contributed by atoms with Crippen molar-refractivity contribution in [2.24, 2.45) is 0 Å².